The second kappa shape index (κ2) is 9.38. The highest BCUT2D eigenvalue weighted by atomic mass is 32.1. The average Bonchev–Trinajstić information content (AvgIpc) is 3.34. The quantitative estimate of drug-likeness (QED) is 0.326. The highest BCUT2D eigenvalue weighted by molar-refractivity contribution is 7.80. The van der Waals surface area contributed by atoms with Gasteiger partial charge in [-0.2, -0.15) is 4.98 Å². The summed E-state index contributed by atoms with van der Waals surface area (Å²) in [7, 11) is 0. The predicted octanol–water partition coefficient (Wildman–Crippen LogP) is 6.44. The molecular formula is C27H22F2N4OS. The minimum Gasteiger partial charge on any atom is -0.351 e. The summed E-state index contributed by atoms with van der Waals surface area (Å²) in [6.45, 7) is 3.97. The Kier molecular flexibility index (Phi) is 6.13. The molecule has 2 heterocycles. The van der Waals surface area contributed by atoms with Gasteiger partial charge in [-0.3, -0.25) is 4.90 Å². The molecule has 1 atom stereocenters. The van der Waals surface area contributed by atoms with Gasteiger partial charge in [-0.25, -0.2) is 8.78 Å². The van der Waals surface area contributed by atoms with Gasteiger partial charge in [0.25, 0.3) is 5.89 Å². The molecule has 1 N–H and O–H groups in total. The number of benzene rings is 3. The van der Waals surface area contributed by atoms with E-state index in [1.807, 2.05) is 37.3 Å². The van der Waals surface area contributed by atoms with E-state index in [1.54, 1.807) is 23.1 Å². The number of halogens is 2. The molecule has 5 rings (SSSR count). The van der Waals surface area contributed by atoms with Crippen molar-refractivity contribution < 1.29 is 13.3 Å². The monoisotopic (exact) mass is 488 g/mol. The van der Waals surface area contributed by atoms with Crippen LogP contribution in [0.3, 0.4) is 0 Å². The van der Waals surface area contributed by atoms with Crippen molar-refractivity contribution in [3.63, 3.8) is 0 Å². The maximum absolute atomic E-state index is 14.1. The van der Waals surface area contributed by atoms with Gasteiger partial charge in [-0.1, -0.05) is 48.5 Å². The topological polar surface area (TPSA) is 54.2 Å². The highest BCUT2D eigenvalue weighted by Crippen LogP contribution is 2.39. The molecule has 1 aromatic heterocycles. The lowest BCUT2D eigenvalue weighted by Gasteiger charge is -2.37. The van der Waals surface area contributed by atoms with Crippen molar-refractivity contribution in [2.75, 3.05) is 4.90 Å². The van der Waals surface area contributed by atoms with Crippen LogP contribution in [0.25, 0.3) is 17.0 Å². The lowest BCUT2D eigenvalue weighted by atomic mass is 9.94. The molecule has 1 unspecified atom stereocenters. The first-order chi connectivity index (χ1) is 16.9. The molecule has 0 amide bonds. The van der Waals surface area contributed by atoms with Gasteiger partial charge < -0.3 is 9.84 Å². The maximum Gasteiger partial charge on any atom is 0.258 e. The van der Waals surface area contributed by atoms with Crippen LogP contribution in [-0.4, -0.2) is 15.3 Å². The number of hydrogen-bond acceptors (Lipinski definition) is 4. The summed E-state index contributed by atoms with van der Waals surface area (Å²) >= 11 is 5.66. The highest BCUT2D eigenvalue weighted by Gasteiger charge is 2.35. The maximum atomic E-state index is 14.1. The Bertz CT molecular complexity index is 1410. The van der Waals surface area contributed by atoms with Gasteiger partial charge in [-0.05, 0) is 73.1 Å². The molecule has 1 aliphatic heterocycles. The third-order valence-electron chi connectivity index (χ3n) is 6.03. The van der Waals surface area contributed by atoms with E-state index < -0.39 is 6.04 Å². The zero-order valence-electron chi connectivity index (χ0n) is 19.1. The first kappa shape index (κ1) is 22.9. The Morgan fingerprint density at radius 2 is 1.74 bits per heavy atom. The first-order valence-corrected chi connectivity index (χ1v) is 11.6. The van der Waals surface area contributed by atoms with Gasteiger partial charge in [-0.15, -0.1) is 0 Å². The minimum absolute atomic E-state index is 0.286. The summed E-state index contributed by atoms with van der Waals surface area (Å²) in [6.07, 6.45) is 0.934. The number of hydrogen-bond donors (Lipinski definition) is 1. The zero-order chi connectivity index (χ0) is 24.5. The van der Waals surface area contributed by atoms with Crippen LogP contribution in [0.5, 0.6) is 0 Å². The SMILES string of the molecule is CCc1ccc(-c2noc(C3=C(C)N(c4ccc(F)cc4)C(=S)NC3c3cccc(F)c3)n2)cc1. The molecule has 3 aromatic carbocycles. The average molecular weight is 489 g/mol. The van der Waals surface area contributed by atoms with Crippen LogP contribution in [0.4, 0.5) is 14.5 Å². The van der Waals surface area contributed by atoms with E-state index in [-0.39, 0.29) is 17.5 Å². The minimum atomic E-state index is -0.523. The Hall–Kier alpha value is -3.91. The molecule has 1 aliphatic rings. The summed E-state index contributed by atoms with van der Waals surface area (Å²) in [5, 5.41) is 7.87. The number of allylic oxidation sites excluding steroid dienone is 1. The molecule has 0 radical (unpaired) electrons. The van der Waals surface area contributed by atoms with E-state index in [2.05, 4.69) is 22.4 Å². The van der Waals surface area contributed by atoms with Crippen molar-refractivity contribution in [2.24, 2.45) is 0 Å². The van der Waals surface area contributed by atoms with Gasteiger partial charge in [0, 0.05) is 16.9 Å². The number of nitrogens with one attached hydrogen (secondary N) is 1. The van der Waals surface area contributed by atoms with E-state index in [9.17, 15) is 8.78 Å². The molecule has 0 spiro atoms. The first-order valence-electron chi connectivity index (χ1n) is 11.2. The molecule has 0 bridgehead atoms. The molecule has 8 heteroatoms. The molecule has 4 aromatic rings. The van der Waals surface area contributed by atoms with Crippen molar-refractivity contribution >= 4 is 28.6 Å². The second-order valence-corrected chi connectivity index (χ2v) is 8.61. The number of thiocarbonyl (C=S) groups is 1. The predicted molar refractivity (Wildman–Crippen MR) is 135 cm³/mol. The standard InChI is InChI=1S/C27H22F2N4OS/c1-3-17-7-9-18(10-8-17)25-31-26(34-32-25)23-16(2)33(22-13-11-20(28)12-14-22)27(35)30-24(23)19-5-4-6-21(29)15-19/h4-15,24H,3H2,1-2H3,(H,30,35). The van der Waals surface area contributed by atoms with Gasteiger partial charge in [0.2, 0.25) is 5.82 Å². The van der Waals surface area contributed by atoms with Gasteiger partial charge in [0.15, 0.2) is 5.11 Å². The van der Waals surface area contributed by atoms with E-state index in [1.165, 1.54) is 29.8 Å². The lowest BCUT2D eigenvalue weighted by Crippen LogP contribution is -2.46. The van der Waals surface area contributed by atoms with Crippen LogP contribution in [0.1, 0.15) is 36.9 Å². The number of nitrogens with zero attached hydrogens (tertiary/aromatic N) is 3. The fourth-order valence-electron chi connectivity index (χ4n) is 4.20. The molecule has 0 saturated heterocycles. The summed E-state index contributed by atoms with van der Waals surface area (Å²) in [5.41, 5.74) is 4.73. The fraction of sp³-hybridized carbons (Fsp3) is 0.148. The molecule has 176 valence electrons. The molecular weight excluding hydrogens is 466 g/mol. The van der Waals surface area contributed by atoms with E-state index >= 15 is 0 Å². The van der Waals surface area contributed by atoms with Crippen molar-refractivity contribution in [1.82, 2.24) is 15.5 Å². The Balaban J connectivity index is 1.63. The lowest BCUT2D eigenvalue weighted by molar-refractivity contribution is 0.404. The van der Waals surface area contributed by atoms with Crippen molar-refractivity contribution in [2.45, 2.75) is 26.3 Å². The third-order valence-corrected chi connectivity index (χ3v) is 6.33. The number of aryl methyl sites for hydroxylation is 1. The summed E-state index contributed by atoms with van der Waals surface area (Å²) in [5.74, 6) is 0.0195. The number of rotatable bonds is 5. The Morgan fingerprint density at radius 3 is 2.43 bits per heavy atom. The van der Waals surface area contributed by atoms with Gasteiger partial charge in [0.05, 0.1) is 11.6 Å². The van der Waals surface area contributed by atoms with Crippen LogP contribution < -0.4 is 10.2 Å². The smallest absolute Gasteiger partial charge is 0.258 e. The molecule has 0 saturated carbocycles. The zero-order valence-corrected chi connectivity index (χ0v) is 19.9. The van der Waals surface area contributed by atoms with Crippen LogP contribution >= 0.6 is 12.2 Å². The third kappa shape index (κ3) is 4.44. The molecule has 0 aliphatic carbocycles. The number of aromatic nitrogens is 2. The summed E-state index contributed by atoms with van der Waals surface area (Å²) in [6, 6.07) is 19.8. The summed E-state index contributed by atoms with van der Waals surface area (Å²) < 4.78 is 33.4. The largest absolute Gasteiger partial charge is 0.351 e. The van der Waals surface area contributed by atoms with Crippen molar-refractivity contribution in [3.8, 4) is 11.4 Å². The van der Waals surface area contributed by atoms with E-state index in [4.69, 9.17) is 16.7 Å². The van der Waals surface area contributed by atoms with Gasteiger partial charge in [0.1, 0.15) is 11.6 Å². The van der Waals surface area contributed by atoms with E-state index in [0.29, 0.717) is 33.5 Å². The normalized spacial score (nSPS) is 15.9. The Labute approximate surface area is 207 Å². The fourth-order valence-corrected chi connectivity index (χ4v) is 4.56. The van der Waals surface area contributed by atoms with Crippen molar-refractivity contribution in [1.29, 1.82) is 0 Å². The van der Waals surface area contributed by atoms with Crippen molar-refractivity contribution in [3.05, 3.63) is 107 Å². The molecule has 0 fully saturated rings. The summed E-state index contributed by atoms with van der Waals surface area (Å²) in [4.78, 5) is 6.45. The molecule has 35 heavy (non-hydrogen) atoms. The van der Waals surface area contributed by atoms with Crippen LogP contribution in [-0.2, 0) is 6.42 Å². The molecule has 5 nitrogen and oxygen atoms in total. The second-order valence-electron chi connectivity index (χ2n) is 8.22. The van der Waals surface area contributed by atoms with Crippen LogP contribution in [0, 0.1) is 11.6 Å². The van der Waals surface area contributed by atoms with Gasteiger partial charge >= 0.3 is 0 Å². The van der Waals surface area contributed by atoms with Crippen LogP contribution in [0.2, 0.25) is 0 Å². The Morgan fingerprint density at radius 1 is 1.00 bits per heavy atom. The number of anilines is 1. The van der Waals surface area contributed by atoms with E-state index in [0.717, 1.165) is 12.0 Å². The van der Waals surface area contributed by atoms with Crippen LogP contribution in [0.15, 0.2) is 83.0 Å².